The maximum atomic E-state index is 12.6. The predicted octanol–water partition coefficient (Wildman–Crippen LogP) is 1.36. The summed E-state index contributed by atoms with van der Waals surface area (Å²) in [6.07, 6.45) is 0. The lowest BCUT2D eigenvalue weighted by molar-refractivity contribution is 0.0213. The molecule has 1 aliphatic heterocycles. The van der Waals surface area contributed by atoms with E-state index < -0.39 is 10.0 Å². The first-order valence-electron chi connectivity index (χ1n) is 7.62. The van der Waals surface area contributed by atoms with E-state index in [0.717, 1.165) is 13.1 Å². The SMILES string of the molecule is COc1cc(OC)c(S(=O)(=O)NCC(C)N2CCOCC2)cc1Cl. The standard InChI is InChI=1S/C15H23ClN2O5S/c1-11(18-4-6-23-7-5-18)10-17-24(19,20)15-8-12(16)13(21-2)9-14(15)22-3/h8-9,11,17H,4-7,10H2,1-3H3. The number of morpholine rings is 1. The minimum absolute atomic E-state index is 0.00928. The Morgan fingerprint density at radius 1 is 1.25 bits per heavy atom. The number of sulfonamides is 1. The van der Waals surface area contributed by atoms with Gasteiger partial charge < -0.3 is 14.2 Å². The molecule has 1 fully saturated rings. The highest BCUT2D eigenvalue weighted by Crippen LogP contribution is 2.34. The summed E-state index contributed by atoms with van der Waals surface area (Å²) in [5.41, 5.74) is 0. The van der Waals surface area contributed by atoms with E-state index in [0.29, 0.717) is 19.0 Å². The number of benzene rings is 1. The summed E-state index contributed by atoms with van der Waals surface area (Å²) in [4.78, 5) is 2.18. The molecule has 0 aromatic heterocycles. The van der Waals surface area contributed by atoms with Crippen molar-refractivity contribution in [2.45, 2.75) is 17.9 Å². The summed E-state index contributed by atoms with van der Waals surface area (Å²) in [6.45, 7) is 5.18. The summed E-state index contributed by atoms with van der Waals surface area (Å²) in [5.74, 6) is 0.539. The van der Waals surface area contributed by atoms with E-state index in [9.17, 15) is 8.42 Å². The van der Waals surface area contributed by atoms with E-state index in [1.165, 1.54) is 26.4 Å². The first-order valence-corrected chi connectivity index (χ1v) is 9.48. The minimum Gasteiger partial charge on any atom is -0.495 e. The van der Waals surface area contributed by atoms with Crippen LogP contribution in [0.2, 0.25) is 5.02 Å². The van der Waals surface area contributed by atoms with Gasteiger partial charge in [0.1, 0.15) is 16.4 Å². The molecular formula is C15H23ClN2O5S. The lowest BCUT2D eigenvalue weighted by atomic mass is 10.2. The molecule has 1 aromatic carbocycles. The molecule has 1 heterocycles. The molecule has 1 aromatic rings. The maximum absolute atomic E-state index is 12.6. The van der Waals surface area contributed by atoms with Crippen LogP contribution in [-0.4, -0.2) is 66.4 Å². The number of nitrogens with one attached hydrogen (secondary N) is 1. The molecule has 1 unspecified atom stereocenters. The van der Waals surface area contributed by atoms with Gasteiger partial charge in [-0.15, -0.1) is 0 Å². The molecule has 0 radical (unpaired) electrons. The van der Waals surface area contributed by atoms with Crippen molar-refractivity contribution in [2.24, 2.45) is 0 Å². The number of hydrogen-bond acceptors (Lipinski definition) is 6. The Kier molecular flexibility index (Phi) is 6.70. The molecule has 24 heavy (non-hydrogen) atoms. The molecule has 7 nitrogen and oxygen atoms in total. The van der Waals surface area contributed by atoms with Crippen LogP contribution in [-0.2, 0) is 14.8 Å². The molecule has 1 N–H and O–H groups in total. The van der Waals surface area contributed by atoms with Crippen molar-refractivity contribution in [3.05, 3.63) is 17.2 Å². The van der Waals surface area contributed by atoms with Crippen LogP contribution in [0.15, 0.2) is 17.0 Å². The highest BCUT2D eigenvalue weighted by molar-refractivity contribution is 7.89. The van der Waals surface area contributed by atoms with Crippen LogP contribution in [0, 0.1) is 0 Å². The van der Waals surface area contributed by atoms with Gasteiger partial charge in [0.15, 0.2) is 0 Å². The van der Waals surface area contributed by atoms with Gasteiger partial charge in [-0.3, -0.25) is 4.90 Å². The average Bonchev–Trinajstić information content (AvgIpc) is 2.60. The third-order valence-electron chi connectivity index (χ3n) is 3.97. The van der Waals surface area contributed by atoms with Gasteiger partial charge >= 0.3 is 0 Å². The first-order chi connectivity index (χ1) is 11.4. The molecule has 1 saturated heterocycles. The highest BCUT2D eigenvalue weighted by atomic mass is 35.5. The monoisotopic (exact) mass is 378 g/mol. The second-order valence-electron chi connectivity index (χ2n) is 5.49. The van der Waals surface area contributed by atoms with Gasteiger partial charge in [-0.05, 0) is 13.0 Å². The van der Waals surface area contributed by atoms with Gasteiger partial charge in [0, 0.05) is 31.7 Å². The van der Waals surface area contributed by atoms with Crippen LogP contribution in [0.4, 0.5) is 0 Å². The lowest BCUT2D eigenvalue weighted by Gasteiger charge is -2.32. The molecule has 0 spiro atoms. The second-order valence-corrected chi connectivity index (χ2v) is 7.63. The molecule has 1 atom stereocenters. The molecule has 2 rings (SSSR count). The van der Waals surface area contributed by atoms with Crippen LogP contribution in [0.5, 0.6) is 11.5 Å². The number of hydrogen-bond donors (Lipinski definition) is 1. The molecule has 0 amide bonds. The van der Waals surface area contributed by atoms with Crippen molar-refractivity contribution in [3.8, 4) is 11.5 Å². The Balaban J connectivity index is 2.13. The van der Waals surface area contributed by atoms with Gasteiger partial charge in [0.05, 0.1) is 32.5 Å². The topological polar surface area (TPSA) is 77.1 Å². The number of methoxy groups -OCH3 is 2. The predicted molar refractivity (Wildman–Crippen MR) is 91.6 cm³/mol. The number of rotatable bonds is 7. The van der Waals surface area contributed by atoms with Crippen LogP contribution in [0.3, 0.4) is 0 Å². The normalized spacial score (nSPS) is 17.5. The zero-order valence-corrected chi connectivity index (χ0v) is 15.6. The maximum Gasteiger partial charge on any atom is 0.244 e. The number of halogens is 1. The largest absolute Gasteiger partial charge is 0.495 e. The van der Waals surface area contributed by atoms with Crippen molar-refractivity contribution in [1.29, 1.82) is 0 Å². The fraction of sp³-hybridized carbons (Fsp3) is 0.600. The van der Waals surface area contributed by atoms with E-state index in [1.54, 1.807) is 0 Å². The zero-order valence-electron chi connectivity index (χ0n) is 14.0. The molecule has 1 aliphatic rings. The van der Waals surface area contributed by atoms with Crippen molar-refractivity contribution in [2.75, 3.05) is 47.1 Å². The quantitative estimate of drug-likeness (QED) is 0.772. The fourth-order valence-corrected chi connectivity index (χ4v) is 4.10. The first kappa shape index (κ1) is 19.3. The summed E-state index contributed by atoms with van der Waals surface area (Å²) in [7, 11) is -0.901. The van der Waals surface area contributed by atoms with Crippen molar-refractivity contribution in [3.63, 3.8) is 0 Å². The van der Waals surface area contributed by atoms with Crippen LogP contribution >= 0.6 is 11.6 Å². The molecule has 0 aliphatic carbocycles. The molecule has 0 bridgehead atoms. The Morgan fingerprint density at radius 2 is 1.88 bits per heavy atom. The van der Waals surface area contributed by atoms with Gasteiger partial charge in [-0.2, -0.15) is 0 Å². The smallest absolute Gasteiger partial charge is 0.244 e. The van der Waals surface area contributed by atoms with Crippen LogP contribution in [0.25, 0.3) is 0 Å². The summed E-state index contributed by atoms with van der Waals surface area (Å²) in [5, 5.41) is 0.208. The van der Waals surface area contributed by atoms with Crippen LogP contribution in [0.1, 0.15) is 6.92 Å². The Labute approximate surface area is 147 Å². The van der Waals surface area contributed by atoms with Crippen molar-refractivity contribution in [1.82, 2.24) is 9.62 Å². The third kappa shape index (κ3) is 4.52. The molecular weight excluding hydrogens is 356 g/mol. The van der Waals surface area contributed by atoms with Gasteiger partial charge in [-0.25, -0.2) is 13.1 Å². The van der Waals surface area contributed by atoms with Crippen molar-refractivity contribution >= 4 is 21.6 Å². The van der Waals surface area contributed by atoms with Crippen LogP contribution < -0.4 is 14.2 Å². The Bertz CT molecular complexity index is 662. The fourth-order valence-electron chi connectivity index (χ4n) is 2.50. The van der Waals surface area contributed by atoms with E-state index in [-0.39, 0.29) is 28.3 Å². The zero-order chi connectivity index (χ0) is 17.7. The number of ether oxygens (including phenoxy) is 3. The van der Waals surface area contributed by atoms with Gasteiger partial charge in [0.2, 0.25) is 10.0 Å². The van der Waals surface area contributed by atoms with E-state index in [4.69, 9.17) is 25.8 Å². The summed E-state index contributed by atoms with van der Waals surface area (Å²) >= 11 is 6.05. The second kappa shape index (κ2) is 8.35. The number of nitrogens with zero attached hydrogens (tertiary/aromatic N) is 1. The Hall–Kier alpha value is -1.06. The summed E-state index contributed by atoms with van der Waals surface area (Å²) < 4.78 is 43.4. The van der Waals surface area contributed by atoms with Crippen molar-refractivity contribution < 1.29 is 22.6 Å². The van der Waals surface area contributed by atoms with E-state index in [2.05, 4.69) is 9.62 Å². The van der Waals surface area contributed by atoms with Gasteiger partial charge in [-0.1, -0.05) is 11.6 Å². The third-order valence-corrected chi connectivity index (χ3v) is 5.71. The van der Waals surface area contributed by atoms with E-state index in [1.807, 2.05) is 6.92 Å². The lowest BCUT2D eigenvalue weighted by Crippen LogP contribution is -2.47. The molecule has 9 heteroatoms. The van der Waals surface area contributed by atoms with E-state index >= 15 is 0 Å². The minimum atomic E-state index is -3.76. The highest BCUT2D eigenvalue weighted by Gasteiger charge is 2.24. The summed E-state index contributed by atoms with van der Waals surface area (Å²) in [6, 6.07) is 2.85. The Morgan fingerprint density at radius 3 is 2.46 bits per heavy atom. The van der Waals surface area contributed by atoms with Gasteiger partial charge in [0.25, 0.3) is 0 Å². The average molecular weight is 379 g/mol. The molecule has 136 valence electrons. The molecule has 0 saturated carbocycles.